The first-order chi connectivity index (χ1) is 9.49. The summed E-state index contributed by atoms with van der Waals surface area (Å²) in [6, 6.07) is 2.61. The van der Waals surface area contributed by atoms with Crippen LogP contribution in [0.5, 0.6) is 0 Å². The van der Waals surface area contributed by atoms with Gasteiger partial charge in [0.1, 0.15) is 4.92 Å². The second-order valence-corrected chi connectivity index (χ2v) is 5.05. The molecule has 0 unspecified atom stereocenters. The number of hydrogen-bond acceptors (Lipinski definition) is 6. The molecule has 2 aromatic rings. The van der Waals surface area contributed by atoms with Gasteiger partial charge in [0.25, 0.3) is 5.91 Å². The number of hydrazone groups is 1. The predicted octanol–water partition coefficient (Wildman–Crippen LogP) is 2.63. The highest BCUT2D eigenvalue weighted by Gasteiger charge is 2.12. The molecule has 7 nitrogen and oxygen atoms in total. The van der Waals surface area contributed by atoms with E-state index in [4.69, 9.17) is 4.42 Å². The Morgan fingerprint density at radius 1 is 1.50 bits per heavy atom. The van der Waals surface area contributed by atoms with Crippen molar-refractivity contribution in [2.45, 2.75) is 13.8 Å². The first-order valence-corrected chi connectivity index (χ1v) is 6.49. The molecule has 0 saturated heterocycles. The van der Waals surface area contributed by atoms with Gasteiger partial charge in [0.2, 0.25) is 0 Å². The Labute approximate surface area is 118 Å². The van der Waals surface area contributed by atoms with Crippen molar-refractivity contribution in [3.63, 3.8) is 0 Å². The van der Waals surface area contributed by atoms with Crippen LogP contribution in [-0.4, -0.2) is 17.0 Å². The van der Waals surface area contributed by atoms with E-state index < -0.39 is 4.92 Å². The highest BCUT2D eigenvalue weighted by molar-refractivity contribution is 7.10. The van der Waals surface area contributed by atoms with Crippen molar-refractivity contribution in [2.75, 3.05) is 0 Å². The van der Waals surface area contributed by atoms with Gasteiger partial charge in [-0.3, -0.25) is 14.9 Å². The van der Waals surface area contributed by atoms with Crippen molar-refractivity contribution in [1.82, 2.24) is 5.43 Å². The average molecular weight is 293 g/mol. The molecule has 8 heteroatoms. The number of thiophene rings is 1. The Bertz CT molecular complexity index is 687. The van der Waals surface area contributed by atoms with Crippen molar-refractivity contribution in [1.29, 1.82) is 0 Å². The molecule has 0 saturated carbocycles. The molecule has 0 radical (unpaired) electrons. The lowest BCUT2D eigenvalue weighted by Gasteiger charge is -1.98. The number of carbonyl (C=O) groups is 1. The van der Waals surface area contributed by atoms with E-state index in [1.807, 2.05) is 13.8 Å². The fourth-order valence-electron chi connectivity index (χ4n) is 1.46. The Morgan fingerprint density at radius 3 is 2.80 bits per heavy atom. The van der Waals surface area contributed by atoms with Crippen molar-refractivity contribution < 1.29 is 14.1 Å². The molecule has 0 bridgehead atoms. The summed E-state index contributed by atoms with van der Waals surface area (Å²) in [7, 11) is 0. The lowest BCUT2D eigenvalue weighted by Crippen LogP contribution is -2.17. The number of carbonyl (C=O) groups excluding carboxylic acids is 1. The number of rotatable bonds is 4. The third kappa shape index (κ3) is 2.91. The lowest BCUT2D eigenvalue weighted by molar-refractivity contribution is -0.402. The van der Waals surface area contributed by atoms with Crippen LogP contribution in [0.4, 0.5) is 5.88 Å². The van der Waals surface area contributed by atoms with E-state index in [1.54, 1.807) is 5.38 Å². The molecule has 104 valence electrons. The summed E-state index contributed by atoms with van der Waals surface area (Å²) in [4.78, 5) is 22.7. The summed E-state index contributed by atoms with van der Waals surface area (Å²) in [5.41, 5.74) is 3.83. The van der Waals surface area contributed by atoms with Crippen LogP contribution < -0.4 is 5.43 Å². The van der Waals surface area contributed by atoms with Crippen LogP contribution in [0.1, 0.15) is 26.6 Å². The third-order valence-corrected chi connectivity index (χ3v) is 3.69. The van der Waals surface area contributed by atoms with E-state index in [0.29, 0.717) is 5.56 Å². The summed E-state index contributed by atoms with van der Waals surface area (Å²) in [6.45, 7) is 3.79. The normalized spacial score (nSPS) is 10.9. The number of amides is 1. The van der Waals surface area contributed by atoms with Crippen LogP contribution in [0.25, 0.3) is 0 Å². The number of nitro groups is 1. The molecule has 0 aromatic carbocycles. The van der Waals surface area contributed by atoms with E-state index >= 15 is 0 Å². The maximum absolute atomic E-state index is 11.8. The van der Waals surface area contributed by atoms with Crippen LogP contribution >= 0.6 is 11.3 Å². The Kier molecular flexibility index (Phi) is 3.94. The average Bonchev–Trinajstić information content (AvgIpc) is 2.98. The minimum Gasteiger partial charge on any atom is -0.400 e. The van der Waals surface area contributed by atoms with Crippen molar-refractivity contribution in [2.24, 2.45) is 5.10 Å². The summed E-state index contributed by atoms with van der Waals surface area (Å²) in [5, 5.41) is 15.9. The minimum absolute atomic E-state index is 0.190. The molecule has 0 aliphatic rings. The molecule has 0 spiro atoms. The fraction of sp³-hybridized carbons (Fsp3) is 0.167. The van der Waals surface area contributed by atoms with Crippen LogP contribution in [0, 0.1) is 24.0 Å². The van der Waals surface area contributed by atoms with E-state index in [0.717, 1.165) is 10.4 Å². The minimum atomic E-state index is -0.645. The monoisotopic (exact) mass is 293 g/mol. The first kappa shape index (κ1) is 13.9. The molecule has 2 heterocycles. The summed E-state index contributed by atoms with van der Waals surface area (Å²) < 4.78 is 4.86. The van der Waals surface area contributed by atoms with E-state index in [9.17, 15) is 14.9 Å². The number of furan rings is 1. The SMILES string of the molecule is Cc1scc(C(=O)N/N=C/c2ccc([N+](=O)[O-])o2)c1C. The van der Waals surface area contributed by atoms with Crippen LogP contribution in [0.3, 0.4) is 0 Å². The molecule has 0 atom stereocenters. The molecule has 0 aliphatic carbocycles. The standard InChI is InChI=1S/C12H11N3O4S/c1-7-8(2)20-6-10(7)12(16)14-13-5-9-3-4-11(19-9)15(17)18/h3-6H,1-2H3,(H,14,16)/b13-5+. The molecule has 20 heavy (non-hydrogen) atoms. The zero-order chi connectivity index (χ0) is 14.7. The molecular formula is C12H11N3O4S. The van der Waals surface area contributed by atoms with Crippen molar-refractivity contribution in [3.8, 4) is 0 Å². The third-order valence-electron chi connectivity index (χ3n) is 2.68. The van der Waals surface area contributed by atoms with Gasteiger partial charge in [-0.15, -0.1) is 11.3 Å². The second-order valence-electron chi connectivity index (χ2n) is 3.96. The van der Waals surface area contributed by atoms with E-state index in [1.165, 1.54) is 29.7 Å². The van der Waals surface area contributed by atoms with E-state index in [-0.39, 0.29) is 17.6 Å². The largest absolute Gasteiger partial charge is 0.433 e. The summed E-state index contributed by atoms with van der Waals surface area (Å²) >= 11 is 1.49. The maximum Gasteiger partial charge on any atom is 0.433 e. The number of nitrogens with zero attached hydrogens (tertiary/aromatic N) is 2. The highest BCUT2D eigenvalue weighted by Crippen LogP contribution is 2.20. The Balaban J connectivity index is 2.00. The van der Waals surface area contributed by atoms with Crippen LogP contribution in [0.15, 0.2) is 27.0 Å². The zero-order valence-corrected chi connectivity index (χ0v) is 11.6. The Morgan fingerprint density at radius 2 is 2.25 bits per heavy atom. The Hall–Kier alpha value is -2.48. The number of hydrogen-bond donors (Lipinski definition) is 1. The van der Waals surface area contributed by atoms with Crippen LogP contribution in [0.2, 0.25) is 0 Å². The van der Waals surface area contributed by atoms with E-state index in [2.05, 4.69) is 10.5 Å². The molecule has 0 fully saturated rings. The lowest BCUT2D eigenvalue weighted by atomic mass is 10.2. The van der Waals surface area contributed by atoms with Gasteiger partial charge in [-0.1, -0.05) is 0 Å². The number of aryl methyl sites for hydroxylation is 1. The number of nitrogens with one attached hydrogen (secondary N) is 1. The van der Waals surface area contributed by atoms with Gasteiger partial charge in [0.15, 0.2) is 5.76 Å². The topological polar surface area (TPSA) is 97.7 Å². The van der Waals surface area contributed by atoms with Gasteiger partial charge >= 0.3 is 5.88 Å². The van der Waals surface area contributed by atoms with Gasteiger partial charge in [-0.05, 0) is 25.5 Å². The van der Waals surface area contributed by atoms with Gasteiger partial charge in [0, 0.05) is 10.3 Å². The van der Waals surface area contributed by atoms with Gasteiger partial charge < -0.3 is 4.42 Å². The summed E-state index contributed by atoms with van der Waals surface area (Å²) in [6.07, 6.45) is 1.21. The van der Waals surface area contributed by atoms with Crippen LogP contribution in [-0.2, 0) is 0 Å². The van der Waals surface area contributed by atoms with Gasteiger partial charge in [-0.25, -0.2) is 5.43 Å². The molecule has 2 rings (SSSR count). The smallest absolute Gasteiger partial charge is 0.400 e. The highest BCUT2D eigenvalue weighted by atomic mass is 32.1. The molecule has 2 aromatic heterocycles. The second kappa shape index (κ2) is 5.66. The summed E-state index contributed by atoms with van der Waals surface area (Å²) in [5.74, 6) is -0.513. The predicted molar refractivity (Wildman–Crippen MR) is 74.2 cm³/mol. The molecular weight excluding hydrogens is 282 g/mol. The first-order valence-electron chi connectivity index (χ1n) is 5.61. The zero-order valence-electron chi connectivity index (χ0n) is 10.7. The molecule has 0 aliphatic heterocycles. The van der Waals surface area contributed by atoms with Crippen molar-refractivity contribution >= 4 is 29.3 Å². The molecule has 1 amide bonds. The quantitative estimate of drug-likeness (QED) is 0.532. The fourth-order valence-corrected chi connectivity index (χ4v) is 2.33. The van der Waals surface area contributed by atoms with Crippen molar-refractivity contribution in [3.05, 3.63) is 49.4 Å². The van der Waals surface area contributed by atoms with Gasteiger partial charge in [-0.2, -0.15) is 5.10 Å². The van der Waals surface area contributed by atoms with Gasteiger partial charge in [0.05, 0.1) is 17.8 Å². The molecule has 1 N–H and O–H groups in total. The maximum atomic E-state index is 11.8.